The number of hydrogen-bond acceptors (Lipinski definition) is 2. The molecule has 0 aliphatic carbocycles. The van der Waals surface area contributed by atoms with Crippen LogP contribution in [0.5, 0.6) is 0 Å². The maximum Gasteiger partial charge on any atom is 0.110 e. The van der Waals surface area contributed by atoms with Crippen LogP contribution in [0.4, 0.5) is 0 Å². The summed E-state index contributed by atoms with van der Waals surface area (Å²) in [4.78, 5) is 8.93. The molecule has 0 atom stereocenters. The van der Waals surface area contributed by atoms with Gasteiger partial charge in [-0.15, -0.1) is 0 Å². The van der Waals surface area contributed by atoms with Gasteiger partial charge in [0.1, 0.15) is 11.3 Å². The lowest BCUT2D eigenvalue weighted by molar-refractivity contribution is 0.690. The summed E-state index contributed by atoms with van der Waals surface area (Å²) in [5.41, 5.74) is 3.48. The Bertz CT molecular complexity index is 686. The Morgan fingerprint density at radius 1 is 1.10 bits per heavy atom. The van der Waals surface area contributed by atoms with Crippen molar-refractivity contribution in [2.75, 3.05) is 0 Å². The minimum absolute atomic E-state index is 0.875. The SMILES string of the molecule is CCCCc1nc2cnccc2n1Cc1ccccc1. The average Bonchev–Trinajstić information content (AvgIpc) is 2.84. The Hall–Kier alpha value is -2.16. The molecule has 0 radical (unpaired) electrons. The second-order valence-corrected chi connectivity index (χ2v) is 5.07. The molecule has 0 aliphatic heterocycles. The van der Waals surface area contributed by atoms with E-state index < -0.39 is 0 Å². The molecule has 3 rings (SSSR count). The zero-order valence-electron chi connectivity index (χ0n) is 11.8. The van der Waals surface area contributed by atoms with Gasteiger partial charge >= 0.3 is 0 Å². The van der Waals surface area contributed by atoms with Gasteiger partial charge in [-0.3, -0.25) is 4.98 Å². The summed E-state index contributed by atoms with van der Waals surface area (Å²) >= 11 is 0. The van der Waals surface area contributed by atoms with Gasteiger partial charge in [0.25, 0.3) is 0 Å². The predicted molar refractivity (Wildman–Crippen MR) is 81.7 cm³/mol. The van der Waals surface area contributed by atoms with E-state index in [1.54, 1.807) is 0 Å². The molecule has 0 spiro atoms. The van der Waals surface area contributed by atoms with E-state index in [9.17, 15) is 0 Å². The number of hydrogen-bond donors (Lipinski definition) is 0. The number of fused-ring (bicyclic) bond motifs is 1. The summed E-state index contributed by atoms with van der Waals surface area (Å²) < 4.78 is 2.32. The normalized spacial score (nSPS) is 11.1. The van der Waals surface area contributed by atoms with Crippen LogP contribution in [0.2, 0.25) is 0 Å². The molecule has 0 saturated heterocycles. The van der Waals surface area contributed by atoms with Crippen molar-refractivity contribution >= 4 is 11.0 Å². The fraction of sp³-hybridized carbons (Fsp3) is 0.294. The maximum atomic E-state index is 4.75. The molecule has 20 heavy (non-hydrogen) atoms. The Kier molecular flexibility index (Phi) is 3.77. The van der Waals surface area contributed by atoms with Crippen LogP contribution in [0, 0.1) is 0 Å². The minimum Gasteiger partial charge on any atom is -0.323 e. The second-order valence-electron chi connectivity index (χ2n) is 5.07. The molecule has 3 aromatic rings. The first kappa shape index (κ1) is 12.9. The van der Waals surface area contributed by atoms with Crippen LogP contribution in [-0.2, 0) is 13.0 Å². The van der Waals surface area contributed by atoms with Crippen molar-refractivity contribution in [3.8, 4) is 0 Å². The number of benzene rings is 1. The molecule has 3 heteroatoms. The van der Waals surface area contributed by atoms with Crippen molar-refractivity contribution in [3.05, 3.63) is 60.2 Å². The fourth-order valence-corrected chi connectivity index (χ4v) is 2.50. The first-order valence-electron chi connectivity index (χ1n) is 7.21. The Labute approximate surface area is 119 Å². The molecule has 0 N–H and O–H groups in total. The van der Waals surface area contributed by atoms with E-state index in [2.05, 4.69) is 52.9 Å². The van der Waals surface area contributed by atoms with Gasteiger partial charge in [-0.2, -0.15) is 0 Å². The molecular formula is C17H19N3. The van der Waals surface area contributed by atoms with Gasteiger partial charge in [0.15, 0.2) is 0 Å². The molecule has 0 unspecified atom stereocenters. The minimum atomic E-state index is 0.875. The van der Waals surface area contributed by atoms with E-state index in [4.69, 9.17) is 4.98 Å². The predicted octanol–water partition coefficient (Wildman–Crippen LogP) is 3.82. The van der Waals surface area contributed by atoms with Crippen molar-refractivity contribution in [1.82, 2.24) is 14.5 Å². The van der Waals surface area contributed by atoms with E-state index in [0.717, 1.165) is 18.5 Å². The van der Waals surface area contributed by atoms with Crippen molar-refractivity contribution in [2.24, 2.45) is 0 Å². The Morgan fingerprint density at radius 3 is 2.75 bits per heavy atom. The highest BCUT2D eigenvalue weighted by Crippen LogP contribution is 2.18. The maximum absolute atomic E-state index is 4.75. The van der Waals surface area contributed by atoms with Gasteiger partial charge in [0.2, 0.25) is 0 Å². The Balaban J connectivity index is 2.01. The number of nitrogens with zero attached hydrogens (tertiary/aromatic N) is 3. The second kappa shape index (κ2) is 5.87. The molecule has 0 bridgehead atoms. The fourth-order valence-electron chi connectivity index (χ4n) is 2.50. The van der Waals surface area contributed by atoms with Crippen molar-refractivity contribution in [2.45, 2.75) is 32.7 Å². The summed E-state index contributed by atoms with van der Waals surface area (Å²) in [7, 11) is 0. The highest BCUT2D eigenvalue weighted by Gasteiger charge is 2.10. The lowest BCUT2D eigenvalue weighted by Crippen LogP contribution is -2.05. The van der Waals surface area contributed by atoms with Crippen LogP contribution in [0.3, 0.4) is 0 Å². The summed E-state index contributed by atoms with van der Waals surface area (Å²) in [6, 6.07) is 12.6. The van der Waals surface area contributed by atoms with Gasteiger partial charge in [-0.05, 0) is 18.1 Å². The van der Waals surface area contributed by atoms with Gasteiger partial charge < -0.3 is 4.57 Å². The quantitative estimate of drug-likeness (QED) is 0.702. The standard InChI is InChI=1S/C17H19N3/c1-2-3-9-17-19-15-12-18-11-10-16(15)20(17)13-14-7-5-4-6-8-14/h4-8,10-12H,2-3,9,13H2,1H3. The van der Waals surface area contributed by atoms with Crippen LogP contribution in [0.25, 0.3) is 11.0 Å². The van der Waals surface area contributed by atoms with Crippen molar-refractivity contribution < 1.29 is 0 Å². The van der Waals surface area contributed by atoms with Crippen LogP contribution in [-0.4, -0.2) is 14.5 Å². The van der Waals surface area contributed by atoms with Crippen LogP contribution >= 0.6 is 0 Å². The molecule has 2 heterocycles. The first-order valence-corrected chi connectivity index (χ1v) is 7.21. The van der Waals surface area contributed by atoms with Crippen molar-refractivity contribution in [1.29, 1.82) is 0 Å². The molecule has 0 aliphatic rings. The van der Waals surface area contributed by atoms with Gasteiger partial charge in [0, 0.05) is 19.2 Å². The van der Waals surface area contributed by atoms with E-state index in [-0.39, 0.29) is 0 Å². The summed E-state index contributed by atoms with van der Waals surface area (Å²) in [6.07, 6.45) is 7.08. The third-order valence-electron chi connectivity index (χ3n) is 3.57. The third kappa shape index (κ3) is 2.57. The molecule has 102 valence electrons. The number of aryl methyl sites for hydroxylation is 1. The summed E-state index contributed by atoms with van der Waals surface area (Å²) in [5, 5.41) is 0. The largest absolute Gasteiger partial charge is 0.323 e. The molecule has 3 nitrogen and oxygen atoms in total. The monoisotopic (exact) mass is 265 g/mol. The number of aromatic nitrogens is 3. The first-order chi connectivity index (χ1) is 9.88. The average molecular weight is 265 g/mol. The lowest BCUT2D eigenvalue weighted by atomic mass is 10.2. The lowest BCUT2D eigenvalue weighted by Gasteiger charge is -2.09. The molecule has 1 aromatic carbocycles. The zero-order chi connectivity index (χ0) is 13.8. The van der Waals surface area contributed by atoms with E-state index in [1.807, 2.05) is 12.4 Å². The van der Waals surface area contributed by atoms with Crippen LogP contribution < -0.4 is 0 Å². The molecule has 2 aromatic heterocycles. The molecule has 0 amide bonds. The van der Waals surface area contributed by atoms with E-state index in [1.165, 1.54) is 29.7 Å². The van der Waals surface area contributed by atoms with Gasteiger partial charge in [-0.25, -0.2) is 4.98 Å². The Morgan fingerprint density at radius 2 is 1.95 bits per heavy atom. The van der Waals surface area contributed by atoms with Crippen LogP contribution in [0.15, 0.2) is 48.8 Å². The van der Waals surface area contributed by atoms with Gasteiger partial charge in [0.05, 0.1) is 11.7 Å². The third-order valence-corrected chi connectivity index (χ3v) is 3.57. The molecular weight excluding hydrogens is 246 g/mol. The highest BCUT2D eigenvalue weighted by molar-refractivity contribution is 5.74. The number of imidazole rings is 1. The summed E-state index contributed by atoms with van der Waals surface area (Å²) in [6.45, 7) is 3.09. The smallest absolute Gasteiger partial charge is 0.110 e. The van der Waals surface area contributed by atoms with Gasteiger partial charge in [-0.1, -0.05) is 43.7 Å². The van der Waals surface area contributed by atoms with Crippen molar-refractivity contribution in [3.63, 3.8) is 0 Å². The van der Waals surface area contributed by atoms with Crippen LogP contribution in [0.1, 0.15) is 31.2 Å². The number of pyridine rings is 1. The zero-order valence-corrected chi connectivity index (χ0v) is 11.8. The molecule has 0 saturated carbocycles. The number of rotatable bonds is 5. The van der Waals surface area contributed by atoms with E-state index in [0.29, 0.717) is 0 Å². The number of unbranched alkanes of at least 4 members (excludes halogenated alkanes) is 1. The topological polar surface area (TPSA) is 30.7 Å². The summed E-state index contributed by atoms with van der Waals surface area (Å²) in [5.74, 6) is 1.17. The highest BCUT2D eigenvalue weighted by atomic mass is 15.1. The molecule has 0 fully saturated rings. The van der Waals surface area contributed by atoms with E-state index >= 15 is 0 Å².